The maximum Gasteiger partial charge on any atom is 0.171 e. The van der Waals surface area contributed by atoms with Crippen molar-refractivity contribution in [2.45, 2.75) is 12.4 Å². The molecule has 2 fully saturated rings. The Kier molecular flexibility index (Phi) is 3.96. The minimum atomic E-state index is -0.505. The summed E-state index contributed by atoms with van der Waals surface area (Å²) in [5.74, 6) is -0.281. The largest absolute Gasteiger partial charge is 0.371 e. The van der Waals surface area contributed by atoms with Gasteiger partial charge in [-0.3, -0.25) is 4.79 Å². The topological polar surface area (TPSA) is 48.1 Å². The van der Waals surface area contributed by atoms with Crippen LogP contribution in [0.5, 0.6) is 0 Å². The molecular formula is C16H18O4. The summed E-state index contributed by atoms with van der Waals surface area (Å²) in [6, 6.07) is 9.26. The van der Waals surface area contributed by atoms with Gasteiger partial charge >= 0.3 is 0 Å². The Morgan fingerprint density at radius 3 is 2.70 bits per heavy atom. The molecule has 106 valence electrons. The van der Waals surface area contributed by atoms with E-state index in [1.54, 1.807) is 6.08 Å². The first-order chi connectivity index (χ1) is 9.79. The molecule has 2 heterocycles. The van der Waals surface area contributed by atoms with Gasteiger partial charge in [-0.25, -0.2) is 0 Å². The number of benzene rings is 1. The lowest BCUT2D eigenvalue weighted by molar-refractivity contribution is -0.127. The second-order valence-corrected chi connectivity index (χ2v) is 5.15. The highest BCUT2D eigenvalue weighted by Crippen LogP contribution is 2.32. The van der Waals surface area contributed by atoms with Crippen LogP contribution in [0.4, 0.5) is 0 Å². The van der Waals surface area contributed by atoms with Crippen LogP contribution in [0.25, 0.3) is 0 Å². The smallest absolute Gasteiger partial charge is 0.171 e. The van der Waals surface area contributed by atoms with Gasteiger partial charge in [0, 0.05) is 11.5 Å². The molecule has 1 aromatic carbocycles. The summed E-state index contributed by atoms with van der Waals surface area (Å²) in [4.78, 5) is 12.6. The third-order valence-corrected chi connectivity index (χ3v) is 3.72. The minimum absolute atomic E-state index is 0.00664. The van der Waals surface area contributed by atoms with Gasteiger partial charge in [0.25, 0.3) is 0 Å². The van der Waals surface area contributed by atoms with Gasteiger partial charge in [0.15, 0.2) is 12.1 Å². The summed E-state index contributed by atoms with van der Waals surface area (Å²) in [5, 5.41) is 0. The molecule has 0 saturated carbocycles. The zero-order chi connectivity index (χ0) is 13.9. The molecule has 2 saturated heterocycles. The molecule has 1 aromatic rings. The van der Waals surface area contributed by atoms with Gasteiger partial charge in [-0.05, 0) is 0 Å². The van der Waals surface area contributed by atoms with Crippen molar-refractivity contribution in [1.29, 1.82) is 0 Å². The van der Waals surface area contributed by atoms with Crippen LogP contribution < -0.4 is 0 Å². The van der Waals surface area contributed by atoms with E-state index in [0.717, 1.165) is 6.61 Å². The molecule has 0 spiro atoms. The van der Waals surface area contributed by atoms with Crippen molar-refractivity contribution >= 4 is 5.78 Å². The first kappa shape index (κ1) is 13.5. The Bertz CT molecular complexity index is 481. The molecule has 0 aliphatic carbocycles. The van der Waals surface area contributed by atoms with E-state index in [-0.39, 0.29) is 23.7 Å². The van der Waals surface area contributed by atoms with E-state index in [9.17, 15) is 4.79 Å². The van der Waals surface area contributed by atoms with Gasteiger partial charge in [0.2, 0.25) is 0 Å². The van der Waals surface area contributed by atoms with Crippen LogP contribution >= 0.6 is 0 Å². The van der Waals surface area contributed by atoms with Crippen LogP contribution in [-0.4, -0.2) is 38.0 Å². The lowest BCUT2D eigenvalue weighted by atomic mass is 9.87. The summed E-state index contributed by atoms with van der Waals surface area (Å²) in [7, 11) is 0. The summed E-state index contributed by atoms with van der Waals surface area (Å²) < 4.78 is 16.4. The molecular weight excluding hydrogens is 256 g/mol. The molecule has 4 heteroatoms. The Balaban J connectivity index is 1.74. The van der Waals surface area contributed by atoms with Crippen LogP contribution in [0.15, 0.2) is 43.0 Å². The van der Waals surface area contributed by atoms with E-state index in [1.807, 2.05) is 30.3 Å². The minimum Gasteiger partial charge on any atom is -0.371 e. The van der Waals surface area contributed by atoms with Crippen LogP contribution in [0.1, 0.15) is 10.4 Å². The number of epoxide rings is 1. The van der Waals surface area contributed by atoms with E-state index in [0.29, 0.717) is 18.8 Å². The predicted octanol–water partition coefficient (Wildman–Crippen LogP) is 2.06. The van der Waals surface area contributed by atoms with Crippen molar-refractivity contribution in [2.75, 3.05) is 19.8 Å². The molecule has 0 unspecified atom stereocenters. The monoisotopic (exact) mass is 274 g/mol. The molecule has 0 amide bonds. The predicted molar refractivity (Wildman–Crippen MR) is 73.4 cm³/mol. The molecule has 20 heavy (non-hydrogen) atoms. The number of carbonyl (C=O) groups is 1. The lowest BCUT2D eigenvalue weighted by Crippen LogP contribution is -2.31. The lowest BCUT2D eigenvalue weighted by Gasteiger charge is -2.20. The van der Waals surface area contributed by atoms with Crippen molar-refractivity contribution in [1.82, 2.24) is 0 Å². The first-order valence-electron chi connectivity index (χ1n) is 6.86. The highest BCUT2D eigenvalue weighted by molar-refractivity contribution is 5.98. The van der Waals surface area contributed by atoms with Crippen molar-refractivity contribution in [3.05, 3.63) is 48.6 Å². The fourth-order valence-electron chi connectivity index (χ4n) is 2.46. The fourth-order valence-corrected chi connectivity index (χ4v) is 2.46. The Morgan fingerprint density at radius 1 is 1.30 bits per heavy atom. The Labute approximate surface area is 118 Å². The van der Waals surface area contributed by atoms with Crippen LogP contribution in [0.3, 0.4) is 0 Å². The van der Waals surface area contributed by atoms with Gasteiger partial charge in [0.1, 0.15) is 6.10 Å². The van der Waals surface area contributed by atoms with Crippen LogP contribution in [-0.2, 0) is 14.2 Å². The van der Waals surface area contributed by atoms with Crippen molar-refractivity contribution in [3.63, 3.8) is 0 Å². The Morgan fingerprint density at radius 2 is 2.05 bits per heavy atom. The number of ketones is 1. The van der Waals surface area contributed by atoms with Gasteiger partial charge in [-0.15, -0.1) is 6.58 Å². The van der Waals surface area contributed by atoms with E-state index in [2.05, 4.69) is 6.58 Å². The van der Waals surface area contributed by atoms with Crippen LogP contribution in [0.2, 0.25) is 0 Å². The Hall–Kier alpha value is -1.49. The first-order valence-corrected chi connectivity index (χ1v) is 6.86. The van der Waals surface area contributed by atoms with E-state index in [4.69, 9.17) is 14.2 Å². The highest BCUT2D eigenvalue weighted by Gasteiger charge is 2.42. The van der Waals surface area contributed by atoms with Crippen molar-refractivity contribution < 1.29 is 19.0 Å². The average molecular weight is 274 g/mol. The molecule has 2 aliphatic rings. The number of Topliss-reactive ketones (excluding diaryl/α,β-unsaturated/α-hetero) is 1. The van der Waals surface area contributed by atoms with Crippen LogP contribution in [0, 0.1) is 11.8 Å². The third-order valence-electron chi connectivity index (χ3n) is 3.72. The zero-order valence-corrected chi connectivity index (χ0v) is 11.2. The maximum atomic E-state index is 12.6. The summed E-state index contributed by atoms with van der Waals surface area (Å²) in [6.45, 7) is 5.48. The van der Waals surface area contributed by atoms with Crippen molar-refractivity contribution in [3.8, 4) is 0 Å². The van der Waals surface area contributed by atoms with Gasteiger partial charge in [-0.1, -0.05) is 36.4 Å². The molecule has 0 radical (unpaired) electrons. The quantitative estimate of drug-likeness (QED) is 0.452. The summed E-state index contributed by atoms with van der Waals surface area (Å²) >= 11 is 0. The molecule has 0 aromatic heterocycles. The standard InChI is InChI=1S/C16H18O4/c1-2-11-8-19-16(20-10-13-9-18-13)14(11)15(17)12-6-4-3-5-7-12/h2-7,11,13-14,16H,1,8-10H2/t11-,13-,14+,16+/m0/s1. The zero-order valence-electron chi connectivity index (χ0n) is 11.2. The van der Waals surface area contributed by atoms with E-state index >= 15 is 0 Å². The van der Waals surface area contributed by atoms with Gasteiger partial charge in [0.05, 0.1) is 25.7 Å². The van der Waals surface area contributed by atoms with Gasteiger partial charge in [-0.2, -0.15) is 0 Å². The molecule has 4 atom stereocenters. The maximum absolute atomic E-state index is 12.6. The molecule has 0 bridgehead atoms. The SMILES string of the molecule is C=C[C@H]1CO[C@H](OC[C@@H]2CO2)[C@H]1C(=O)c1ccccc1. The second kappa shape index (κ2) is 5.87. The molecule has 4 nitrogen and oxygen atoms in total. The fraction of sp³-hybridized carbons (Fsp3) is 0.438. The van der Waals surface area contributed by atoms with E-state index in [1.165, 1.54) is 0 Å². The average Bonchev–Trinajstić information content (AvgIpc) is 3.24. The summed E-state index contributed by atoms with van der Waals surface area (Å²) in [6.07, 6.45) is 1.44. The van der Waals surface area contributed by atoms with Crippen molar-refractivity contribution in [2.24, 2.45) is 11.8 Å². The summed E-state index contributed by atoms with van der Waals surface area (Å²) in [5.41, 5.74) is 0.686. The number of rotatable bonds is 6. The van der Waals surface area contributed by atoms with E-state index < -0.39 is 6.29 Å². The van der Waals surface area contributed by atoms with Gasteiger partial charge < -0.3 is 14.2 Å². The molecule has 2 aliphatic heterocycles. The normalized spacial score (nSPS) is 32.0. The third kappa shape index (κ3) is 2.82. The molecule has 3 rings (SSSR count). The highest BCUT2D eigenvalue weighted by atomic mass is 16.7. The number of carbonyl (C=O) groups excluding carboxylic acids is 1. The number of hydrogen-bond donors (Lipinski definition) is 0. The number of ether oxygens (including phenoxy) is 3. The molecule has 0 N–H and O–H groups in total. The number of hydrogen-bond acceptors (Lipinski definition) is 4. The second-order valence-electron chi connectivity index (χ2n) is 5.15.